The second kappa shape index (κ2) is 50.8. The lowest BCUT2D eigenvalue weighted by Crippen LogP contribution is -2.56. The maximum absolute atomic E-state index is 14.0. The number of anilines is 4. The summed E-state index contributed by atoms with van der Waals surface area (Å²) >= 11 is 0. The molecule has 7 aliphatic heterocycles. The van der Waals surface area contributed by atoms with Crippen molar-refractivity contribution in [3.63, 3.8) is 0 Å². The van der Waals surface area contributed by atoms with Gasteiger partial charge in [0.15, 0.2) is 0 Å². The van der Waals surface area contributed by atoms with Crippen LogP contribution >= 0.6 is 0 Å². The molecule has 0 bridgehead atoms. The smallest absolute Gasteiger partial charge is 0.228 e. The Hall–Kier alpha value is -10.2. The molecule has 138 heavy (non-hydrogen) atoms. The number of nitrogens with zero attached hydrogens (tertiary/aromatic N) is 14. The number of aliphatic hydroxyl groups is 1. The van der Waals surface area contributed by atoms with E-state index in [0.717, 1.165) is 186 Å². The largest absolute Gasteiger partial charge is 0.392 e. The van der Waals surface area contributed by atoms with Crippen LogP contribution in [0.5, 0.6) is 0 Å². The quantitative estimate of drug-likeness (QED) is 0.129. The highest BCUT2D eigenvalue weighted by Crippen LogP contribution is 2.33. The molecule has 2 unspecified atom stereocenters. The third kappa shape index (κ3) is 34.6. The average Bonchev–Trinajstić information content (AvgIpc) is 0.820. The Kier molecular flexibility index (Phi) is 41.6. The van der Waals surface area contributed by atoms with Gasteiger partial charge in [-0.15, -0.1) is 0 Å². The Morgan fingerprint density at radius 1 is 0.319 bits per heavy atom. The normalized spacial score (nSPS) is 17.6. The highest BCUT2D eigenvalue weighted by molar-refractivity contribution is 5.85. The molecular formula is C115H173FN14O8. The molecule has 0 spiro atoms. The average molecular weight is 1900 g/mol. The number of para-hydroxylation sites is 2. The third-order valence-electron chi connectivity index (χ3n) is 26.4. The van der Waals surface area contributed by atoms with Crippen molar-refractivity contribution in [2.45, 2.75) is 219 Å². The molecule has 7 aromatic rings. The van der Waals surface area contributed by atoms with Gasteiger partial charge in [-0.1, -0.05) is 296 Å². The second-order valence-electron chi connectivity index (χ2n) is 45.8. The zero-order chi connectivity index (χ0) is 102. The van der Waals surface area contributed by atoms with Crippen LogP contribution in [0.2, 0.25) is 0 Å². The summed E-state index contributed by atoms with van der Waals surface area (Å²) in [6.45, 7) is 78.9. The summed E-state index contributed by atoms with van der Waals surface area (Å²) in [4.78, 5) is 116. The number of piperazine rings is 7. The third-order valence-corrected chi connectivity index (χ3v) is 26.4. The molecule has 1 N–H and O–H groups in total. The second-order valence-corrected chi connectivity index (χ2v) is 45.8. The molecule has 0 radical (unpaired) electrons. The number of carbonyl (C=O) groups excluding carboxylic acids is 7. The van der Waals surface area contributed by atoms with Crippen LogP contribution in [-0.4, -0.2) is 278 Å². The van der Waals surface area contributed by atoms with E-state index in [-0.39, 0.29) is 97.7 Å². The van der Waals surface area contributed by atoms with Crippen molar-refractivity contribution in [1.82, 2.24) is 49.0 Å². The van der Waals surface area contributed by atoms with Gasteiger partial charge in [0.1, 0.15) is 5.82 Å². The van der Waals surface area contributed by atoms with E-state index in [1.807, 2.05) is 229 Å². The Morgan fingerprint density at radius 2 is 0.623 bits per heavy atom. The molecule has 0 aliphatic carbocycles. The monoisotopic (exact) mass is 1900 g/mol. The Labute approximate surface area is 830 Å². The summed E-state index contributed by atoms with van der Waals surface area (Å²) in [5.74, 6) is 1.53. The first-order valence-corrected chi connectivity index (χ1v) is 50.6. The summed E-state index contributed by atoms with van der Waals surface area (Å²) in [5.41, 5.74) is 11.9. The number of hydrogen-bond donors (Lipinski definition) is 1. The lowest BCUT2D eigenvalue weighted by atomic mass is 9.93. The fraction of sp³-hybridized carbons (Fsp3) is 0.574. The molecule has 7 fully saturated rings. The van der Waals surface area contributed by atoms with Gasteiger partial charge in [-0.3, -0.25) is 48.3 Å². The Morgan fingerprint density at radius 3 is 0.986 bits per heavy atom. The molecule has 0 saturated carbocycles. The van der Waals surface area contributed by atoms with Gasteiger partial charge in [0, 0.05) is 262 Å². The van der Waals surface area contributed by atoms with Crippen LogP contribution in [-0.2, 0) is 53.3 Å². The predicted molar refractivity (Wildman–Crippen MR) is 566 cm³/mol. The lowest BCUT2D eigenvalue weighted by Gasteiger charge is -2.43. The van der Waals surface area contributed by atoms with Crippen molar-refractivity contribution in [3.8, 4) is 0 Å². The number of halogens is 1. The Bertz CT molecular complexity index is 4960. The molecule has 758 valence electrons. The molecule has 22 nitrogen and oxygen atoms in total. The van der Waals surface area contributed by atoms with Crippen molar-refractivity contribution in [2.75, 3.05) is 196 Å². The predicted octanol–water partition coefficient (Wildman–Crippen LogP) is 18.5. The minimum atomic E-state index is -0.350. The van der Waals surface area contributed by atoms with E-state index >= 15 is 0 Å². The van der Waals surface area contributed by atoms with Crippen molar-refractivity contribution in [3.05, 3.63) is 226 Å². The van der Waals surface area contributed by atoms with Crippen molar-refractivity contribution >= 4 is 64.1 Å². The summed E-state index contributed by atoms with van der Waals surface area (Å²) in [6.07, 6.45) is 0. The number of carbonyl (C=O) groups is 7. The summed E-state index contributed by atoms with van der Waals surface area (Å²) in [5, 5.41) is 9.53. The van der Waals surface area contributed by atoms with Gasteiger partial charge >= 0.3 is 0 Å². The highest BCUT2D eigenvalue weighted by Gasteiger charge is 2.39. The standard InChI is InChI=1S/C17H26N2O2.2C17H26N2O.C16H23FN2O.3C16H24N2O/c1-13-5-6-15(14(11-13)12-20)18-7-9-19(10-8-18)16(21)17(2,3)4;1-14-5-7-15(8-6-14)13-18-9-11-19(12-10-18)16(20)17(2,3)4;1-14(15-8-6-5-7-9-15)18-10-12-19(13-11-18)16(20)17(2,3)4;1-12-5-6-14(13(17)11-12)18-7-9-19(10-8-18)15(20)16(2,3)4;1-13-7-5-6-8-14(13)17-9-11-18(12-10-17)15(19)16(2,3)4;1-13-12-17(14-8-6-5-7-9-14)10-11-18(13)15(19)16(2,3)4;1-16(2,3)15(19)18-11-9-17(10-12-18)13-14-7-5-4-6-8-14/h5-6,11,20H,7-10,12H2,1-4H3;5-8H,9-13H2,1-4H3;5-9,14H,10-13H2,1-4H3;5-6,11H,7-10H2,1-4H3;5-8H,9-12H2,1-4H3;5-9,13H,10-12H2,1-4H3;4-8H,9-13H2,1-3H3. The van der Waals surface area contributed by atoms with Crippen LogP contribution in [0, 0.1) is 71.4 Å². The molecule has 2 atom stereocenters. The number of benzene rings is 7. The molecule has 14 rings (SSSR count). The maximum Gasteiger partial charge on any atom is 0.228 e. The van der Waals surface area contributed by atoms with Crippen molar-refractivity contribution < 1.29 is 43.1 Å². The first-order chi connectivity index (χ1) is 64.6. The van der Waals surface area contributed by atoms with Crippen LogP contribution in [0.15, 0.2) is 176 Å². The molecule has 7 saturated heterocycles. The van der Waals surface area contributed by atoms with Crippen LogP contribution in [0.1, 0.15) is 210 Å². The number of amides is 7. The van der Waals surface area contributed by atoms with E-state index in [1.54, 1.807) is 6.07 Å². The highest BCUT2D eigenvalue weighted by atomic mass is 19.1. The SMILES string of the molecule is CC(C)(C)C(=O)N1CCN(Cc2ccccc2)CC1.CC(c1ccccc1)N1CCN(C(=O)C(C)(C)C)CC1.CC1CN(c2ccccc2)CCN1C(=O)C(C)(C)C.Cc1ccc(CN2CCN(C(=O)C(C)(C)C)CC2)cc1.Cc1ccc(N2CCN(C(=O)C(C)(C)C)CC2)c(CO)c1.Cc1ccc(N2CCN(C(=O)C(C)(C)C)CC2)c(F)c1.Cc1ccccc1N1CCN(C(=O)C(C)(C)C)CC1. The number of hydrogen-bond acceptors (Lipinski definition) is 15. The van der Waals surface area contributed by atoms with Gasteiger partial charge in [-0.25, -0.2) is 4.39 Å². The molecule has 23 heteroatoms. The number of aliphatic hydroxyl groups excluding tert-OH is 1. The zero-order valence-electron chi connectivity index (χ0n) is 89.6. The van der Waals surface area contributed by atoms with Crippen molar-refractivity contribution in [1.29, 1.82) is 0 Å². The van der Waals surface area contributed by atoms with E-state index < -0.39 is 0 Å². The van der Waals surface area contributed by atoms with E-state index in [4.69, 9.17) is 0 Å². The van der Waals surface area contributed by atoms with Crippen LogP contribution in [0.25, 0.3) is 0 Å². The molecule has 7 aliphatic rings. The first-order valence-electron chi connectivity index (χ1n) is 50.6. The number of aryl methyl sites for hydroxylation is 4. The van der Waals surface area contributed by atoms with Gasteiger partial charge in [0.2, 0.25) is 41.4 Å². The van der Waals surface area contributed by atoms with Crippen molar-refractivity contribution in [2.24, 2.45) is 37.9 Å². The van der Waals surface area contributed by atoms with Crippen LogP contribution in [0.3, 0.4) is 0 Å². The minimum absolute atomic E-state index is 0.0537. The van der Waals surface area contributed by atoms with Gasteiger partial charge in [0.25, 0.3) is 0 Å². The summed E-state index contributed by atoms with van der Waals surface area (Å²) < 4.78 is 14.0. The molecule has 0 aromatic heterocycles. The number of rotatable bonds is 11. The van der Waals surface area contributed by atoms with E-state index in [9.17, 15) is 43.1 Å². The maximum atomic E-state index is 14.0. The molecule has 7 aromatic carbocycles. The van der Waals surface area contributed by atoms with Gasteiger partial charge in [-0.05, 0) is 106 Å². The lowest BCUT2D eigenvalue weighted by molar-refractivity contribution is -0.142. The van der Waals surface area contributed by atoms with Gasteiger partial charge in [0.05, 0.1) is 12.3 Å². The van der Waals surface area contributed by atoms with Gasteiger partial charge < -0.3 is 59.0 Å². The van der Waals surface area contributed by atoms with Gasteiger partial charge in [-0.2, -0.15) is 0 Å². The molecular weight excluding hydrogens is 1720 g/mol. The van der Waals surface area contributed by atoms with E-state index in [2.05, 4.69) is 197 Å². The fourth-order valence-electron chi connectivity index (χ4n) is 18.1. The fourth-order valence-corrected chi connectivity index (χ4v) is 18.1. The minimum Gasteiger partial charge on any atom is -0.392 e. The Balaban J connectivity index is 0.000000198. The topological polar surface area (TPSA) is 185 Å². The molecule has 7 heterocycles. The van der Waals surface area contributed by atoms with Crippen LogP contribution in [0.4, 0.5) is 27.1 Å². The van der Waals surface area contributed by atoms with E-state index in [0.29, 0.717) is 37.9 Å². The van der Waals surface area contributed by atoms with E-state index in [1.165, 1.54) is 39.2 Å². The first kappa shape index (κ1) is 113. The summed E-state index contributed by atoms with van der Waals surface area (Å²) in [7, 11) is 0. The molecule has 7 amide bonds. The zero-order valence-corrected chi connectivity index (χ0v) is 89.6. The summed E-state index contributed by atoms with van der Waals surface area (Å²) in [6, 6.07) is 60.9. The van der Waals surface area contributed by atoms with Crippen LogP contribution < -0.4 is 19.6 Å².